The summed E-state index contributed by atoms with van der Waals surface area (Å²) in [5.74, 6) is -0.0445. The summed E-state index contributed by atoms with van der Waals surface area (Å²) in [6, 6.07) is 13.3. The van der Waals surface area contributed by atoms with Crippen molar-refractivity contribution in [1.82, 2.24) is 5.32 Å². The van der Waals surface area contributed by atoms with Crippen LogP contribution in [0.3, 0.4) is 0 Å². The molecule has 0 saturated carbocycles. The molecule has 0 aromatic heterocycles. The number of carbonyl (C=O) groups excluding carboxylic acids is 1. The maximum atomic E-state index is 12.7. The molecule has 0 atom stereocenters. The van der Waals surface area contributed by atoms with Gasteiger partial charge >= 0.3 is 0 Å². The first kappa shape index (κ1) is 20.0. The summed E-state index contributed by atoms with van der Waals surface area (Å²) in [6.45, 7) is 9.69. The van der Waals surface area contributed by atoms with Crippen molar-refractivity contribution < 1.29 is 13.2 Å². The molecule has 2 aromatic carbocycles. The van der Waals surface area contributed by atoms with Crippen LogP contribution in [0.2, 0.25) is 0 Å². The zero-order valence-corrected chi connectivity index (χ0v) is 16.6. The van der Waals surface area contributed by atoms with Crippen LogP contribution in [0.15, 0.2) is 53.4 Å². The number of hydrogen-bond acceptors (Lipinski definition) is 3. The third-order valence-corrected chi connectivity index (χ3v) is 5.12. The number of nitrogens with one attached hydrogen (secondary N) is 2. The van der Waals surface area contributed by atoms with E-state index in [4.69, 9.17) is 0 Å². The Balaban J connectivity index is 2.24. The van der Waals surface area contributed by atoms with Crippen molar-refractivity contribution in [2.45, 2.75) is 51.0 Å². The van der Waals surface area contributed by atoms with Crippen LogP contribution >= 0.6 is 0 Å². The highest BCUT2D eigenvalue weighted by atomic mass is 32.2. The van der Waals surface area contributed by atoms with Crippen molar-refractivity contribution in [3.05, 3.63) is 59.7 Å². The number of carbonyl (C=O) groups is 1. The van der Waals surface area contributed by atoms with Gasteiger partial charge in [-0.15, -0.1) is 0 Å². The second kappa shape index (κ2) is 7.50. The van der Waals surface area contributed by atoms with Gasteiger partial charge in [0, 0.05) is 11.1 Å². The lowest BCUT2D eigenvalue weighted by atomic mass is 10.0. The van der Waals surface area contributed by atoms with E-state index in [2.05, 4.69) is 10.0 Å². The van der Waals surface area contributed by atoms with Gasteiger partial charge in [0.05, 0.1) is 10.6 Å². The minimum absolute atomic E-state index is 0.114. The SMILES string of the molecule is CC(C)c1ccccc1NS(=O)(=O)c1ccc(C(=O)NC(C)(C)C)cc1. The Bertz CT molecular complexity index is 880. The molecule has 0 aliphatic carbocycles. The lowest BCUT2D eigenvalue weighted by Gasteiger charge is -2.20. The first-order valence-electron chi connectivity index (χ1n) is 8.54. The van der Waals surface area contributed by atoms with E-state index >= 15 is 0 Å². The number of rotatable bonds is 5. The Morgan fingerprint density at radius 1 is 0.962 bits per heavy atom. The number of hydrogen-bond donors (Lipinski definition) is 2. The smallest absolute Gasteiger partial charge is 0.261 e. The van der Waals surface area contributed by atoms with Gasteiger partial charge in [0.1, 0.15) is 0 Å². The molecule has 140 valence electrons. The molecule has 2 N–H and O–H groups in total. The number of para-hydroxylation sites is 1. The lowest BCUT2D eigenvalue weighted by Crippen LogP contribution is -2.40. The highest BCUT2D eigenvalue weighted by Gasteiger charge is 2.19. The van der Waals surface area contributed by atoms with Gasteiger partial charge in [-0.25, -0.2) is 8.42 Å². The third-order valence-electron chi connectivity index (χ3n) is 3.74. The second-order valence-electron chi connectivity index (χ2n) is 7.58. The summed E-state index contributed by atoms with van der Waals surface area (Å²) in [5, 5.41) is 2.85. The number of sulfonamides is 1. The molecule has 2 aromatic rings. The zero-order chi connectivity index (χ0) is 19.5. The molecule has 0 aliphatic rings. The van der Waals surface area contributed by atoms with Crippen LogP contribution in [0, 0.1) is 0 Å². The van der Waals surface area contributed by atoms with Crippen molar-refractivity contribution >= 4 is 21.6 Å². The molecule has 26 heavy (non-hydrogen) atoms. The predicted octanol–water partition coefficient (Wildman–Crippen LogP) is 4.14. The summed E-state index contributed by atoms with van der Waals surface area (Å²) < 4.78 is 28.0. The molecular weight excluding hydrogens is 348 g/mol. The highest BCUT2D eigenvalue weighted by molar-refractivity contribution is 7.92. The summed E-state index contributed by atoms with van der Waals surface area (Å²) in [7, 11) is -3.73. The topological polar surface area (TPSA) is 75.3 Å². The van der Waals surface area contributed by atoms with Crippen molar-refractivity contribution in [2.24, 2.45) is 0 Å². The molecule has 0 spiro atoms. The van der Waals surface area contributed by atoms with Gasteiger partial charge in [-0.3, -0.25) is 9.52 Å². The van der Waals surface area contributed by atoms with E-state index in [0.717, 1.165) is 5.56 Å². The fraction of sp³-hybridized carbons (Fsp3) is 0.350. The average molecular weight is 375 g/mol. The zero-order valence-electron chi connectivity index (χ0n) is 15.8. The second-order valence-corrected chi connectivity index (χ2v) is 9.26. The number of amides is 1. The molecule has 0 bridgehead atoms. The van der Waals surface area contributed by atoms with Gasteiger partial charge in [-0.1, -0.05) is 32.0 Å². The molecule has 1 amide bonds. The Hall–Kier alpha value is -2.34. The van der Waals surface area contributed by atoms with Crippen molar-refractivity contribution in [1.29, 1.82) is 0 Å². The number of benzene rings is 2. The minimum atomic E-state index is -3.73. The van der Waals surface area contributed by atoms with Gasteiger partial charge in [-0.05, 0) is 62.6 Å². The van der Waals surface area contributed by atoms with Crippen LogP contribution < -0.4 is 10.0 Å². The Kier molecular flexibility index (Phi) is 5.76. The van der Waals surface area contributed by atoms with Crippen molar-refractivity contribution in [3.8, 4) is 0 Å². The first-order chi connectivity index (χ1) is 12.0. The van der Waals surface area contributed by atoms with Crippen LogP contribution in [0.4, 0.5) is 5.69 Å². The highest BCUT2D eigenvalue weighted by Crippen LogP contribution is 2.26. The minimum Gasteiger partial charge on any atom is -0.347 e. The van der Waals surface area contributed by atoms with Crippen LogP contribution in [0.25, 0.3) is 0 Å². The molecule has 0 heterocycles. The normalized spacial score (nSPS) is 12.1. The molecule has 0 radical (unpaired) electrons. The summed E-state index contributed by atoms with van der Waals surface area (Å²) >= 11 is 0. The van der Waals surface area contributed by atoms with E-state index < -0.39 is 10.0 Å². The fourth-order valence-electron chi connectivity index (χ4n) is 2.50. The van der Waals surface area contributed by atoms with Gasteiger partial charge in [-0.2, -0.15) is 0 Å². The van der Waals surface area contributed by atoms with E-state index in [1.807, 2.05) is 46.8 Å². The van der Waals surface area contributed by atoms with E-state index in [1.54, 1.807) is 12.1 Å². The molecule has 0 saturated heterocycles. The Morgan fingerprint density at radius 2 is 1.54 bits per heavy atom. The molecular formula is C20H26N2O3S. The first-order valence-corrected chi connectivity index (χ1v) is 10.0. The summed E-state index contributed by atoms with van der Waals surface area (Å²) in [6.07, 6.45) is 0. The summed E-state index contributed by atoms with van der Waals surface area (Å²) in [4.78, 5) is 12.3. The van der Waals surface area contributed by atoms with Crippen molar-refractivity contribution in [3.63, 3.8) is 0 Å². The molecule has 0 aliphatic heterocycles. The quantitative estimate of drug-likeness (QED) is 0.826. The lowest BCUT2D eigenvalue weighted by molar-refractivity contribution is 0.0919. The van der Waals surface area contributed by atoms with Crippen molar-refractivity contribution in [2.75, 3.05) is 4.72 Å². The van der Waals surface area contributed by atoms with E-state index in [9.17, 15) is 13.2 Å². The fourth-order valence-corrected chi connectivity index (χ4v) is 3.58. The number of anilines is 1. The largest absolute Gasteiger partial charge is 0.347 e. The Morgan fingerprint density at radius 3 is 2.08 bits per heavy atom. The maximum absolute atomic E-state index is 12.7. The van der Waals surface area contributed by atoms with Crippen LogP contribution in [-0.4, -0.2) is 19.9 Å². The van der Waals surface area contributed by atoms with E-state index in [0.29, 0.717) is 11.3 Å². The molecule has 0 unspecified atom stereocenters. The molecule has 0 fully saturated rings. The molecule has 5 nitrogen and oxygen atoms in total. The van der Waals surface area contributed by atoms with E-state index in [-0.39, 0.29) is 22.3 Å². The standard InChI is InChI=1S/C20H26N2O3S/c1-14(2)17-8-6-7-9-18(17)22-26(24,25)16-12-10-15(11-13-16)19(23)21-20(3,4)5/h6-14,22H,1-5H3,(H,21,23). The Labute approximate surface area is 155 Å². The van der Waals surface area contributed by atoms with E-state index in [1.165, 1.54) is 24.3 Å². The monoisotopic (exact) mass is 374 g/mol. The van der Waals surface area contributed by atoms with Crippen LogP contribution in [-0.2, 0) is 10.0 Å². The average Bonchev–Trinajstić information content (AvgIpc) is 2.53. The van der Waals surface area contributed by atoms with Gasteiger partial charge in [0.15, 0.2) is 0 Å². The van der Waals surface area contributed by atoms with Gasteiger partial charge < -0.3 is 5.32 Å². The summed E-state index contributed by atoms with van der Waals surface area (Å²) in [5.41, 5.74) is 1.56. The maximum Gasteiger partial charge on any atom is 0.261 e. The molecule has 2 rings (SSSR count). The van der Waals surface area contributed by atoms with Crippen LogP contribution in [0.5, 0.6) is 0 Å². The van der Waals surface area contributed by atoms with Crippen LogP contribution in [0.1, 0.15) is 56.5 Å². The molecule has 6 heteroatoms. The van der Waals surface area contributed by atoms with Gasteiger partial charge in [0.2, 0.25) is 0 Å². The third kappa shape index (κ3) is 5.08. The predicted molar refractivity (Wildman–Crippen MR) is 105 cm³/mol. The van der Waals surface area contributed by atoms with Gasteiger partial charge in [0.25, 0.3) is 15.9 Å².